The molecule has 22 heavy (non-hydrogen) atoms. The number of carbonyl (C=O) groups excluding carboxylic acids is 1. The van der Waals surface area contributed by atoms with Crippen molar-refractivity contribution in [3.8, 4) is 11.5 Å². The summed E-state index contributed by atoms with van der Waals surface area (Å²) in [5, 5.41) is 11.6. The second kappa shape index (κ2) is 6.64. The van der Waals surface area contributed by atoms with Gasteiger partial charge in [0.2, 0.25) is 0 Å². The number of nitrogens with one attached hydrogen (secondary N) is 1. The smallest absolute Gasteiger partial charge is 0.306 e. The molecule has 7 heteroatoms. The molecule has 1 saturated carbocycles. The normalized spacial score (nSPS) is 20.5. The lowest BCUT2D eigenvalue weighted by Crippen LogP contribution is -2.34. The summed E-state index contributed by atoms with van der Waals surface area (Å²) in [7, 11) is 2.72. The van der Waals surface area contributed by atoms with Gasteiger partial charge < -0.3 is 19.9 Å². The predicted octanol–water partition coefficient (Wildman–Crippen LogP) is 1.83. The van der Waals surface area contributed by atoms with Crippen LogP contribution in [0.25, 0.3) is 0 Å². The van der Waals surface area contributed by atoms with Gasteiger partial charge in [0.1, 0.15) is 11.4 Å². The Hall–Kier alpha value is -2.31. The van der Waals surface area contributed by atoms with Crippen molar-refractivity contribution in [2.45, 2.75) is 25.3 Å². The summed E-state index contributed by atoms with van der Waals surface area (Å²) in [6, 6.07) is 2.22. The number of hydrogen-bond acceptors (Lipinski definition) is 4. The first-order chi connectivity index (χ1) is 10.5. The van der Waals surface area contributed by atoms with Crippen molar-refractivity contribution in [3.63, 3.8) is 0 Å². The molecular weight excluding hydrogens is 293 g/mol. The van der Waals surface area contributed by atoms with E-state index < -0.39 is 23.6 Å². The molecule has 0 aromatic heterocycles. The molecule has 0 bridgehead atoms. The molecule has 0 aliphatic heterocycles. The molecule has 0 spiro atoms. The zero-order valence-corrected chi connectivity index (χ0v) is 12.4. The van der Waals surface area contributed by atoms with Crippen molar-refractivity contribution < 1.29 is 28.6 Å². The van der Waals surface area contributed by atoms with E-state index >= 15 is 0 Å². The standard InChI is InChI=1S/C15H18FNO5/c1-21-11-6-5-10(16)12(13(11)22-2)14(18)17-9-4-3-8(7-9)15(19)20/h5-6,8-9H,3-4,7H2,1-2H3,(H,17,18)(H,19,20)/t8-,9+/m1/s1. The van der Waals surface area contributed by atoms with Crippen molar-refractivity contribution in [2.75, 3.05) is 14.2 Å². The van der Waals surface area contributed by atoms with E-state index in [-0.39, 0.29) is 23.1 Å². The van der Waals surface area contributed by atoms with Gasteiger partial charge in [-0.05, 0) is 31.4 Å². The van der Waals surface area contributed by atoms with Gasteiger partial charge in [0.15, 0.2) is 11.5 Å². The van der Waals surface area contributed by atoms with Crippen LogP contribution in [-0.4, -0.2) is 37.2 Å². The maximum atomic E-state index is 14.0. The highest BCUT2D eigenvalue weighted by atomic mass is 19.1. The van der Waals surface area contributed by atoms with Crippen molar-refractivity contribution in [2.24, 2.45) is 5.92 Å². The Kier molecular flexibility index (Phi) is 4.85. The van der Waals surface area contributed by atoms with Crippen LogP contribution in [0.3, 0.4) is 0 Å². The Balaban J connectivity index is 2.18. The van der Waals surface area contributed by atoms with Crippen LogP contribution in [0.15, 0.2) is 12.1 Å². The molecule has 1 aromatic rings. The summed E-state index contributed by atoms with van der Waals surface area (Å²) in [6.45, 7) is 0. The molecule has 0 unspecified atom stereocenters. The van der Waals surface area contributed by atoms with Gasteiger partial charge in [-0.3, -0.25) is 9.59 Å². The predicted molar refractivity (Wildman–Crippen MR) is 75.7 cm³/mol. The van der Waals surface area contributed by atoms with E-state index in [2.05, 4.69) is 5.32 Å². The molecular formula is C15H18FNO5. The van der Waals surface area contributed by atoms with Crippen LogP contribution in [0.2, 0.25) is 0 Å². The van der Waals surface area contributed by atoms with Crippen molar-refractivity contribution in [1.29, 1.82) is 0 Å². The van der Waals surface area contributed by atoms with E-state index in [9.17, 15) is 14.0 Å². The maximum absolute atomic E-state index is 14.0. The van der Waals surface area contributed by atoms with Crippen molar-refractivity contribution in [3.05, 3.63) is 23.5 Å². The Bertz CT molecular complexity index is 590. The number of ether oxygens (including phenoxy) is 2. The zero-order valence-electron chi connectivity index (χ0n) is 12.4. The lowest BCUT2D eigenvalue weighted by atomic mass is 10.1. The van der Waals surface area contributed by atoms with Gasteiger partial charge in [-0.25, -0.2) is 4.39 Å². The van der Waals surface area contributed by atoms with Crippen LogP contribution in [0.1, 0.15) is 29.6 Å². The Morgan fingerprint density at radius 1 is 1.27 bits per heavy atom. The average Bonchev–Trinajstić information content (AvgIpc) is 2.95. The van der Waals surface area contributed by atoms with Gasteiger partial charge in [0.05, 0.1) is 20.1 Å². The maximum Gasteiger partial charge on any atom is 0.306 e. The summed E-state index contributed by atoms with van der Waals surface area (Å²) in [5.74, 6) is -2.42. The van der Waals surface area contributed by atoms with Crippen molar-refractivity contribution >= 4 is 11.9 Å². The first-order valence-corrected chi connectivity index (χ1v) is 6.92. The molecule has 0 radical (unpaired) electrons. The molecule has 2 N–H and O–H groups in total. The lowest BCUT2D eigenvalue weighted by molar-refractivity contribution is -0.141. The fourth-order valence-corrected chi connectivity index (χ4v) is 2.71. The Labute approximate surface area is 127 Å². The minimum atomic E-state index is -0.873. The van der Waals surface area contributed by atoms with Crippen LogP contribution in [0.5, 0.6) is 11.5 Å². The molecule has 6 nitrogen and oxygen atoms in total. The summed E-state index contributed by atoms with van der Waals surface area (Å²) < 4.78 is 24.1. The molecule has 2 rings (SSSR count). The topological polar surface area (TPSA) is 84.9 Å². The molecule has 1 aliphatic rings. The van der Waals surface area contributed by atoms with Crippen LogP contribution in [0, 0.1) is 11.7 Å². The third kappa shape index (κ3) is 3.13. The van der Waals surface area contributed by atoms with Gasteiger partial charge in [-0.2, -0.15) is 0 Å². The van der Waals surface area contributed by atoms with E-state index in [1.165, 1.54) is 20.3 Å². The summed E-state index contributed by atoms with van der Waals surface area (Å²) in [4.78, 5) is 23.2. The number of carboxylic acids is 1. The number of benzene rings is 1. The van der Waals surface area contributed by atoms with Crippen LogP contribution in [-0.2, 0) is 4.79 Å². The highest BCUT2D eigenvalue weighted by Crippen LogP contribution is 2.33. The van der Waals surface area contributed by atoms with E-state index in [1.54, 1.807) is 0 Å². The Morgan fingerprint density at radius 2 is 2.00 bits per heavy atom. The number of hydrogen-bond donors (Lipinski definition) is 2. The minimum absolute atomic E-state index is 0.0211. The van der Waals surface area contributed by atoms with Gasteiger partial charge in [-0.15, -0.1) is 0 Å². The summed E-state index contributed by atoms with van der Waals surface area (Å²) in [6.07, 6.45) is 1.39. The molecule has 1 fully saturated rings. The van der Waals surface area contributed by atoms with E-state index in [1.807, 2.05) is 0 Å². The number of carbonyl (C=O) groups is 2. The van der Waals surface area contributed by atoms with Gasteiger partial charge in [-0.1, -0.05) is 0 Å². The molecule has 1 aromatic carbocycles. The Morgan fingerprint density at radius 3 is 2.55 bits per heavy atom. The van der Waals surface area contributed by atoms with Gasteiger partial charge in [0.25, 0.3) is 5.91 Å². The molecule has 1 amide bonds. The van der Waals surface area contributed by atoms with E-state index in [0.29, 0.717) is 19.3 Å². The highest BCUT2D eigenvalue weighted by molar-refractivity contribution is 5.98. The largest absolute Gasteiger partial charge is 0.493 e. The van der Waals surface area contributed by atoms with Crippen molar-refractivity contribution in [1.82, 2.24) is 5.32 Å². The first-order valence-electron chi connectivity index (χ1n) is 6.92. The third-order valence-corrected chi connectivity index (χ3v) is 3.84. The van der Waals surface area contributed by atoms with Gasteiger partial charge >= 0.3 is 5.97 Å². The fraction of sp³-hybridized carbons (Fsp3) is 0.467. The van der Waals surface area contributed by atoms with Crippen LogP contribution < -0.4 is 14.8 Å². The number of halogens is 1. The molecule has 2 atom stereocenters. The number of rotatable bonds is 5. The van der Waals surface area contributed by atoms with Gasteiger partial charge in [0, 0.05) is 6.04 Å². The fourth-order valence-electron chi connectivity index (χ4n) is 2.71. The molecule has 0 heterocycles. The highest BCUT2D eigenvalue weighted by Gasteiger charge is 2.32. The first kappa shape index (κ1) is 16.1. The summed E-state index contributed by atoms with van der Waals surface area (Å²) in [5.41, 5.74) is -0.236. The number of aliphatic carboxylic acids is 1. The number of methoxy groups -OCH3 is 2. The third-order valence-electron chi connectivity index (χ3n) is 3.84. The second-order valence-corrected chi connectivity index (χ2v) is 5.18. The molecule has 0 saturated heterocycles. The average molecular weight is 311 g/mol. The second-order valence-electron chi connectivity index (χ2n) is 5.18. The molecule has 1 aliphatic carbocycles. The quantitative estimate of drug-likeness (QED) is 0.866. The zero-order chi connectivity index (χ0) is 16.3. The SMILES string of the molecule is COc1ccc(F)c(C(=O)N[C@H]2CC[C@@H](C(=O)O)C2)c1OC. The number of carboxylic acid groups (broad SMARTS) is 1. The van der Waals surface area contributed by atoms with Crippen LogP contribution in [0.4, 0.5) is 4.39 Å². The molecule has 120 valence electrons. The number of amides is 1. The monoisotopic (exact) mass is 311 g/mol. The van der Waals surface area contributed by atoms with E-state index in [0.717, 1.165) is 6.07 Å². The van der Waals surface area contributed by atoms with E-state index in [4.69, 9.17) is 14.6 Å². The summed E-state index contributed by atoms with van der Waals surface area (Å²) >= 11 is 0. The minimum Gasteiger partial charge on any atom is -0.493 e. The van der Waals surface area contributed by atoms with Crippen LogP contribution >= 0.6 is 0 Å². The lowest BCUT2D eigenvalue weighted by Gasteiger charge is -2.16.